The van der Waals surface area contributed by atoms with E-state index in [2.05, 4.69) is 15.8 Å². The molecule has 1 fully saturated rings. The minimum absolute atomic E-state index is 0.214. The summed E-state index contributed by atoms with van der Waals surface area (Å²) in [6, 6.07) is 7.48. The van der Waals surface area contributed by atoms with E-state index in [-0.39, 0.29) is 18.2 Å². The molecular weight excluding hydrogens is 326 g/mol. The number of hydrogen-bond acceptors (Lipinski definition) is 5. The molecule has 0 radical (unpaired) electrons. The summed E-state index contributed by atoms with van der Waals surface area (Å²) in [5.41, 5.74) is 5.09. The Balaban J connectivity index is 1.52. The lowest BCUT2D eigenvalue weighted by atomic mass is 9.97. The highest BCUT2D eigenvalue weighted by Gasteiger charge is 2.27. The molecule has 2 aliphatic rings. The molecule has 2 heterocycles. The van der Waals surface area contributed by atoms with Crippen molar-refractivity contribution < 1.29 is 14.3 Å². The predicted octanol–water partition coefficient (Wildman–Crippen LogP) is 1.79. The summed E-state index contributed by atoms with van der Waals surface area (Å²) in [7, 11) is 0. The number of nitrogens with one attached hydrogen (secondary N) is 2. The minimum atomic E-state index is -0.374. The molecule has 1 saturated heterocycles. The Bertz CT molecular complexity index is 656. The molecular formula is C17H21N3O3S. The topological polar surface area (TPSA) is 72.0 Å². The molecule has 0 aliphatic carbocycles. The quantitative estimate of drug-likeness (QED) is 0.374. The van der Waals surface area contributed by atoms with Gasteiger partial charge >= 0.3 is 5.97 Å². The highest BCUT2D eigenvalue weighted by atomic mass is 32.1. The molecule has 7 heteroatoms. The standard InChI is InChI=1S/C17H21N3O3S/c1-11(19-20-17(24)18-10-13-6-4-8-22-13)15-9-12-5-2-3-7-14(12)16(21)23-15/h2-3,5,7,13,15H,4,6,8-10H2,1H3,(H2,18,20,24)/t13-,15+/m1/s1. The van der Waals surface area contributed by atoms with Crippen LogP contribution in [0.15, 0.2) is 29.4 Å². The molecule has 0 amide bonds. The van der Waals surface area contributed by atoms with Crippen molar-refractivity contribution in [1.82, 2.24) is 10.7 Å². The van der Waals surface area contributed by atoms with Crippen molar-refractivity contribution in [2.24, 2.45) is 5.10 Å². The molecule has 2 aliphatic heterocycles. The van der Waals surface area contributed by atoms with Gasteiger partial charge in [-0.25, -0.2) is 4.79 Å². The first-order chi connectivity index (χ1) is 11.6. The van der Waals surface area contributed by atoms with Gasteiger partial charge in [-0.15, -0.1) is 0 Å². The summed E-state index contributed by atoms with van der Waals surface area (Å²) in [4.78, 5) is 12.0. The molecule has 0 bridgehead atoms. The molecule has 0 aromatic heterocycles. The zero-order chi connectivity index (χ0) is 16.9. The lowest BCUT2D eigenvalue weighted by Gasteiger charge is -2.24. The van der Waals surface area contributed by atoms with Crippen LogP contribution < -0.4 is 10.7 Å². The molecule has 0 spiro atoms. The first-order valence-corrected chi connectivity index (χ1v) is 8.53. The minimum Gasteiger partial charge on any atom is -0.452 e. The van der Waals surface area contributed by atoms with E-state index in [0.29, 0.717) is 29.4 Å². The number of esters is 1. The smallest absolute Gasteiger partial charge is 0.339 e. The maximum atomic E-state index is 12.0. The average Bonchev–Trinajstić information content (AvgIpc) is 3.11. The molecule has 1 aromatic carbocycles. The Hall–Kier alpha value is -1.99. The summed E-state index contributed by atoms with van der Waals surface area (Å²) >= 11 is 5.20. The Morgan fingerprint density at radius 2 is 2.25 bits per heavy atom. The van der Waals surface area contributed by atoms with Gasteiger partial charge in [-0.05, 0) is 43.6 Å². The largest absolute Gasteiger partial charge is 0.452 e. The fourth-order valence-corrected chi connectivity index (χ4v) is 2.96. The van der Waals surface area contributed by atoms with Gasteiger partial charge < -0.3 is 14.8 Å². The monoisotopic (exact) mass is 347 g/mol. The van der Waals surface area contributed by atoms with Gasteiger partial charge in [0.2, 0.25) is 0 Å². The van der Waals surface area contributed by atoms with Crippen LogP contribution >= 0.6 is 12.2 Å². The zero-order valence-electron chi connectivity index (χ0n) is 13.6. The number of hydrogen-bond donors (Lipinski definition) is 2. The highest BCUT2D eigenvalue weighted by molar-refractivity contribution is 7.80. The molecule has 1 aromatic rings. The van der Waals surface area contributed by atoms with Crippen LogP contribution in [0.3, 0.4) is 0 Å². The Morgan fingerprint density at radius 1 is 1.42 bits per heavy atom. The number of hydrazone groups is 1. The van der Waals surface area contributed by atoms with Crippen molar-refractivity contribution in [2.75, 3.05) is 13.2 Å². The number of thiocarbonyl (C=S) groups is 1. The van der Waals surface area contributed by atoms with E-state index in [0.717, 1.165) is 25.0 Å². The summed E-state index contributed by atoms with van der Waals surface area (Å²) < 4.78 is 11.0. The third-order valence-electron chi connectivity index (χ3n) is 4.21. The van der Waals surface area contributed by atoms with Crippen LogP contribution in [-0.2, 0) is 15.9 Å². The van der Waals surface area contributed by atoms with Gasteiger partial charge in [0.25, 0.3) is 0 Å². The first kappa shape index (κ1) is 16.9. The van der Waals surface area contributed by atoms with Crippen molar-refractivity contribution in [3.63, 3.8) is 0 Å². The van der Waals surface area contributed by atoms with Gasteiger partial charge in [-0.2, -0.15) is 5.10 Å². The number of cyclic esters (lactones) is 1. The molecule has 6 nitrogen and oxygen atoms in total. The van der Waals surface area contributed by atoms with Crippen LogP contribution in [0, 0.1) is 0 Å². The number of nitrogens with zero attached hydrogens (tertiary/aromatic N) is 1. The predicted molar refractivity (Wildman–Crippen MR) is 95.2 cm³/mol. The normalized spacial score (nSPS) is 23.4. The summed E-state index contributed by atoms with van der Waals surface area (Å²) in [5, 5.41) is 7.77. The van der Waals surface area contributed by atoms with E-state index in [1.54, 1.807) is 6.07 Å². The lowest BCUT2D eigenvalue weighted by molar-refractivity contribution is 0.0389. The van der Waals surface area contributed by atoms with E-state index in [1.807, 2.05) is 25.1 Å². The van der Waals surface area contributed by atoms with Gasteiger partial charge in [-0.1, -0.05) is 18.2 Å². The van der Waals surface area contributed by atoms with Gasteiger partial charge in [0.15, 0.2) is 5.11 Å². The van der Waals surface area contributed by atoms with Crippen LogP contribution in [0.25, 0.3) is 0 Å². The molecule has 128 valence electrons. The Kier molecular flexibility index (Phi) is 5.42. The fraction of sp³-hybridized carbons (Fsp3) is 0.471. The molecule has 0 saturated carbocycles. The number of fused-ring (bicyclic) bond motifs is 1. The van der Waals surface area contributed by atoms with Crippen LogP contribution in [0.5, 0.6) is 0 Å². The second kappa shape index (κ2) is 7.72. The SMILES string of the molecule is CC(=NNC(=S)NC[C@H]1CCCO1)[C@@H]1Cc2ccccc2C(=O)O1. The van der Waals surface area contributed by atoms with Crippen LogP contribution in [-0.4, -0.2) is 42.2 Å². The fourth-order valence-electron chi connectivity index (χ4n) is 2.83. The van der Waals surface area contributed by atoms with Crippen LogP contribution in [0.1, 0.15) is 35.7 Å². The maximum Gasteiger partial charge on any atom is 0.339 e. The van der Waals surface area contributed by atoms with Crippen molar-refractivity contribution in [3.8, 4) is 0 Å². The zero-order valence-corrected chi connectivity index (χ0v) is 14.4. The van der Waals surface area contributed by atoms with Crippen molar-refractivity contribution in [3.05, 3.63) is 35.4 Å². The van der Waals surface area contributed by atoms with Gasteiger partial charge in [0.1, 0.15) is 6.10 Å². The van der Waals surface area contributed by atoms with Gasteiger partial charge in [0.05, 0.1) is 17.4 Å². The third kappa shape index (κ3) is 4.10. The molecule has 0 unspecified atom stereocenters. The molecule has 3 rings (SSSR count). The molecule has 24 heavy (non-hydrogen) atoms. The van der Waals surface area contributed by atoms with Gasteiger partial charge in [0, 0.05) is 19.6 Å². The van der Waals surface area contributed by atoms with E-state index in [1.165, 1.54) is 0 Å². The first-order valence-electron chi connectivity index (χ1n) is 8.12. The number of ether oxygens (including phenoxy) is 2. The van der Waals surface area contributed by atoms with Crippen molar-refractivity contribution in [1.29, 1.82) is 0 Å². The van der Waals surface area contributed by atoms with E-state index in [4.69, 9.17) is 21.7 Å². The Morgan fingerprint density at radius 3 is 3.04 bits per heavy atom. The van der Waals surface area contributed by atoms with Crippen molar-refractivity contribution in [2.45, 2.75) is 38.4 Å². The summed E-state index contributed by atoms with van der Waals surface area (Å²) in [5.74, 6) is -0.310. The number of carbonyl (C=O) groups excluding carboxylic acids is 1. The summed E-state index contributed by atoms with van der Waals surface area (Å²) in [6.07, 6.45) is 2.61. The van der Waals surface area contributed by atoms with E-state index >= 15 is 0 Å². The number of benzene rings is 1. The molecule has 2 atom stereocenters. The second-order valence-corrected chi connectivity index (χ2v) is 6.37. The van der Waals surface area contributed by atoms with E-state index in [9.17, 15) is 4.79 Å². The number of rotatable bonds is 4. The number of carbonyl (C=O) groups is 1. The lowest BCUT2D eigenvalue weighted by Crippen LogP contribution is -2.39. The van der Waals surface area contributed by atoms with Gasteiger partial charge in [-0.3, -0.25) is 5.43 Å². The second-order valence-electron chi connectivity index (χ2n) is 5.97. The molecule has 2 N–H and O–H groups in total. The van der Waals surface area contributed by atoms with Crippen LogP contribution in [0.4, 0.5) is 0 Å². The third-order valence-corrected chi connectivity index (χ3v) is 4.44. The van der Waals surface area contributed by atoms with Crippen molar-refractivity contribution >= 4 is 29.0 Å². The Labute approximate surface area is 146 Å². The van der Waals surface area contributed by atoms with Crippen LogP contribution in [0.2, 0.25) is 0 Å². The van der Waals surface area contributed by atoms with E-state index < -0.39 is 0 Å². The average molecular weight is 347 g/mol. The summed E-state index contributed by atoms with van der Waals surface area (Å²) in [6.45, 7) is 3.31. The maximum absolute atomic E-state index is 12.0. The highest BCUT2D eigenvalue weighted by Crippen LogP contribution is 2.21.